The Hall–Kier alpha value is -0.340. The normalized spacial score (nSPS) is 13.2. The Morgan fingerprint density at radius 2 is 2.06 bits per heavy atom. The number of rotatable bonds is 8. The van der Waals surface area contributed by atoms with Crippen molar-refractivity contribution >= 4 is 11.3 Å². The van der Waals surface area contributed by atoms with Gasteiger partial charge in [0.15, 0.2) is 0 Å². The summed E-state index contributed by atoms with van der Waals surface area (Å²) in [6.45, 7) is 4.61. The van der Waals surface area contributed by atoms with Crippen LogP contribution in [0.5, 0.6) is 0 Å². The van der Waals surface area contributed by atoms with Crippen molar-refractivity contribution in [2.24, 2.45) is 5.92 Å². The van der Waals surface area contributed by atoms with Crippen molar-refractivity contribution < 1.29 is 0 Å². The van der Waals surface area contributed by atoms with E-state index in [-0.39, 0.29) is 0 Å². The molecule has 1 aromatic rings. The van der Waals surface area contributed by atoms with E-state index in [0.717, 1.165) is 5.92 Å². The van der Waals surface area contributed by atoms with Gasteiger partial charge in [-0.15, -0.1) is 11.3 Å². The molecule has 1 rings (SSSR count). The van der Waals surface area contributed by atoms with Gasteiger partial charge in [-0.25, -0.2) is 0 Å². The van der Waals surface area contributed by atoms with E-state index in [9.17, 15) is 0 Å². The minimum absolute atomic E-state index is 0.704. The first kappa shape index (κ1) is 13.7. The van der Waals surface area contributed by atoms with E-state index < -0.39 is 0 Å². The molecule has 0 aromatic carbocycles. The highest BCUT2D eigenvalue weighted by Crippen LogP contribution is 2.19. The van der Waals surface area contributed by atoms with Gasteiger partial charge in [-0.1, -0.05) is 32.8 Å². The molecule has 0 saturated heterocycles. The SMILES string of the molecule is CCC(CC)C(CCCc1cccs1)NC. The van der Waals surface area contributed by atoms with Crippen LogP contribution in [0.3, 0.4) is 0 Å². The molecule has 0 spiro atoms. The molecule has 0 aliphatic carbocycles. The predicted molar refractivity (Wildman–Crippen MR) is 74.2 cm³/mol. The van der Waals surface area contributed by atoms with Crippen molar-refractivity contribution in [3.8, 4) is 0 Å². The monoisotopic (exact) mass is 239 g/mol. The minimum Gasteiger partial charge on any atom is -0.317 e. The fraction of sp³-hybridized carbons (Fsp3) is 0.714. The number of hydrogen-bond donors (Lipinski definition) is 1. The van der Waals surface area contributed by atoms with Gasteiger partial charge >= 0.3 is 0 Å². The van der Waals surface area contributed by atoms with Gasteiger partial charge in [0.25, 0.3) is 0 Å². The third-order valence-electron chi connectivity index (χ3n) is 3.51. The Morgan fingerprint density at radius 3 is 2.56 bits per heavy atom. The first-order valence-electron chi connectivity index (χ1n) is 6.51. The van der Waals surface area contributed by atoms with Crippen molar-refractivity contribution in [1.82, 2.24) is 5.32 Å². The van der Waals surface area contributed by atoms with Crippen molar-refractivity contribution in [3.63, 3.8) is 0 Å². The number of hydrogen-bond acceptors (Lipinski definition) is 2. The van der Waals surface area contributed by atoms with Crippen LogP contribution in [0.2, 0.25) is 0 Å². The molecule has 0 aliphatic heterocycles. The third kappa shape index (κ3) is 4.26. The second-order valence-electron chi connectivity index (χ2n) is 4.44. The lowest BCUT2D eigenvalue weighted by Gasteiger charge is -2.24. The van der Waals surface area contributed by atoms with Gasteiger partial charge in [0.1, 0.15) is 0 Å². The van der Waals surface area contributed by atoms with Crippen LogP contribution in [0.1, 0.15) is 44.4 Å². The third-order valence-corrected chi connectivity index (χ3v) is 4.44. The number of aryl methyl sites for hydroxylation is 1. The van der Waals surface area contributed by atoms with Gasteiger partial charge in [0.05, 0.1) is 0 Å². The van der Waals surface area contributed by atoms with E-state index >= 15 is 0 Å². The maximum Gasteiger partial charge on any atom is 0.00922 e. The Kier molecular flexibility index (Phi) is 6.74. The molecule has 1 N–H and O–H groups in total. The Balaban J connectivity index is 2.28. The van der Waals surface area contributed by atoms with Crippen molar-refractivity contribution in [1.29, 1.82) is 0 Å². The summed E-state index contributed by atoms with van der Waals surface area (Å²) in [6, 6.07) is 5.10. The molecule has 2 heteroatoms. The molecule has 1 atom stereocenters. The topological polar surface area (TPSA) is 12.0 Å². The first-order valence-corrected chi connectivity index (χ1v) is 7.39. The molecule has 0 fully saturated rings. The lowest BCUT2D eigenvalue weighted by molar-refractivity contribution is 0.329. The summed E-state index contributed by atoms with van der Waals surface area (Å²) in [4.78, 5) is 1.53. The van der Waals surface area contributed by atoms with Crippen LogP contribution in [-0.2, 0) is 6.42 Å². The van der Waals surface area contributed by atoms with Gasteiger partial charge in [-0.05, 0) is 43.7 Å². The Morgan fingerprint density at radius 1 is 1.31 bits per heavy atom. The average Bonchev–Trinajstić information content (AvgIpc) is 2.81. The highest BCUT2D eigenvalue weighted by Gasteiger charge is 2.15. The van der Waals surface area contributed by atoms with Gasteiger partial charge in [-0.3, -0.25) is 0 Å². The smallest absolute Gasteiger partial charge is 0.00922 e. The quantitative estimate of drug-likeness (QED) is 0.720. The first-order chi connectivity index (χ1) is 7.81. The summed E-state index contributed by atoms with van der Waals surface area (Å²) in [7, 11) is 2.11. The molecule has 1 heterocycles. The molecule has 0 radical (unpaired) electrons. The summed E-state index contributed by atoms with van der Waals surface area (Å²) < 4.78 is 0. The van der Waals surface area contributed by atoms with Crippen molar-refractivity contribution in [3.05, 3.63) is 22.4 Å². The van der Waals surface area contributed by atoms with Crippen LogP contribution in [0.25, 0.3) is 0 Å². The van der Waals surface area contributed by atoms with Gasteiger partial charge in [0.2, 0.25) is 0 Å². The van der Waals surface area contributed by atoms with E-state index in [4.69, 9.17) is 0 Å². The zero-order valence-electron chi connectivity index (χ0n) is 10.8. The summed E-state index contributed by atoms with van der Waals surface area (Å²) in [5, 5.41) is 5.66. The molecular weight excluding hydrogens is 214 g/mol. The number of nitrogens with one attached hydrogen (secondary N) is 1. The summed E-state index contributed by atoms with van der Waals surface area (Å²) in [5.41, 5.74) is 0. The zero-order valence-corrected chi connectivity index (χ0v) is 11.6. The second kappa shape index (κ2) is 7.86. The van der Waals surface area contributed by atoms with Crippen LogP contribution < -0.4 is 5.32 Å². The van der Waals surface area contributed by atoms with E-state index in [1.54, 1.807) is 0 Å². The van der Waals surface area contributed by atoms with Crippen molar-refractivity contribution in [2.45, 2.75) is 52.0 Å². The maximum atomic E-state index is 3.49. The van der Waals surface area contributed by atoms with Crippen molar-refractivity contribution in [2.75, 3.05) is 7.05 Å². The fourth-order valence-corrected chi connectivity index (χ4v) is 3.18. The molecule has 0 aliphatic rings. The Labute approximate surface area is 104 Å². The van der Waals surface area contributed by atoms with E-state index in [1.165, 1.54) is 37.0 Å². The largest absolute Gasteiger partial charge is 0.317 e. The molecule has 0 saturated carbocycles. The standard InChI is InChI=1S/C14H25NS/c1-4-12(5-2)14(15-3)10-6-8-13-9-7-11-16-13/h7,9,11-12,14-15H,4-6,8,10H2,1-3H3. The van der Waals surface area contributed by atoms with Crippen LogP contribution in [0.4, 0.5) is 0 Å². The fourth-order valence-electron chi connectivity index (χ4n) is 2.42. The van der Waals surface area contributed by atoms with E-state index in [1.807, 2.05) is 11.3 Å². The second-order valence-corrected chi connectivity index (χ2v) is 5.48. The summed E-state index contributed by atoms with van der Waals surface area (Å²) >= 11 is 1.88. The van der Waals surface area contributed by atoms with Crippen LogP contribution >= 0.6 is 11.3 Å². The minimum atomic E-state index is 0.704. The maximum absolute atomic E-state index is 3.49. The molecule has 1 aromatic heterocycles. The molecule has 92 valence electrons. The van der Waals surface area contributed by atoms with Crippen LogP contribution in [-0.4, -0.2) is 13.1 Å². The Bertz CT molecular complexity index is 252. The van der Waals surface area contributed by atoms with Crippen LogP contribution in [0, 0.1) is 5.92 Å². The molecule has 0 amide bonds. The lowest BCUT2D eigenvalue weighted by Crippen LogP contribution is -2.33. The molecule has 0 bridgehead atoms. The number of thiophene rings is 1. The highest BCUT2D eigenvalue weighted by atomic mass is 32.1. The molecule has 1 unspecified atom stereocenters. The predicted octanol–water partition coefficient (Wildman–Crippen LogP) is 4.10. The average molecular weight is 239 g/mol. The zero-order chi connectivity index (χ0) is 11.8. The molecule has 16 heavy (non-hydrogen) atoms. The molecule has 1 nitrogen and oxygen atoms in total. The van der Waals surface area contributed by atoms with Gasteiger partial charge < -0.3 is 5.32 Å². The van der Waals surface area contributed by atoms with Gasteiger partial charge in [0, 0.05) is 10.9 Å². The highest BCUT2D eigenvalue weighted by molar-refractivity contribution is 7.09. The van der Waals surface area contributed by atoms with Gasteiger partial charge in [-0.2, -0.15) is 0 Å². The van der Waals surface area contributed by atoms with E-state index in [2.05, 4.69) is 43.7 Å². The van der Waals surface area contributed by atoms with E-state index in [0.29, 0.717) is 6.04 Å². The van der Waals surface area contributed by atoms with Crippen LogP contribution in [0.15, 0.2) is 17.5 Å². The summed E-state index contributed by atoms with van der Waals surface area (Å²) in [6.07, 6.45) is 6.45. The lowest BCUT2D eigenvalue weighted by atomic mass is 9.90. The molecular formula is C14H25NS. The summed E-state index contributed by atoms with van der Waals surface area (Å²) in [5.74, 6) is 0.841.